The van der Waals surface area contributed by atoms with Crippen LogP contribution in [0.1, 0.15) is 20.8 Å². The zero-order chi connectivity index (χ0) is 14.8. The van der Waals surface area contributed by atoms with Gasteiger partial charge in [-0.1, -0.05) is 27.4 Å². The zero-order valence-corrected chi connectivity index (χ0v) is 12.2. The molecule has 0 saturated heterocycles. The predicted octanol–water partition coefficient (Wildman–Crippen LogP) is 3.77. The van der Waals surface area contributed by atoms with Gasteiger partial charge in [-0.3, -0.25) is 0 Å². The molecule has 0 bridgehead atoms. The number of nitrogens with zero attached hydrogens (tertiary/aromatic N) is 2. The van der Waals surface area contributed by atoms with Crippen LogP contribution in [0.25, 0.3) is 5.69 Å². The average molecular weight is 271 g/mol. The van der Waals surface area contributed by atoms with Crippen LogP contribution in [-0.2, 0) is 0 Å². The Hall–Kier alpha value is -2.23. The number of aliphatic hydroxyl groups is 1. The van der Waals surface area contributed by atoms with Crippen molar-refractivity contribution < 1.29 is 5.11 Å². The third kappa shape index (κ3) is 3.20. The minimum atomic E-state index is -0.196. The van der Waals surface area contributed by atoms with E-state index in [2.05, 4.69) is 37.8 Å². The van der Waals surface area contributed by atoms with Crippen LogP contribution in [0.5, 0.6) is 0 Å². The molecule has 0 fully saturated rings. The van der Waals surface area contributed by atoms with E-state index in [9.17, 15) is 5.11 Å². The van der Waals surface area contributed by atoms with Gasteiger partial charge in [-0.2, -0.15) is 5.10 Å². The normalized spacial score (nSPS) is 12.9. The fraction of sp³-hybridized carbons (Fsp3) is 0.312. The number of rotatable bonds is 4. The maximum absolute atomic E-state index is 9.74. The highest BCUT2D eigenvalue weighted by atomic mass is 16.3. The molecular weight excluding hydrogens is 250 g/mol. The molecule has 1 atom stereocenters. The first-order valence-corrected chi connectivity index (χ1v) is 6.62. The Morgan fingerprint density at radius 2 is 1.95 bits per heavy atom. The molecule has 106 valence electrons. The summed E-state index contributed by atoms with van der Waals surface area (Å²) in [5.41, 5.74) is 1.82. The van der Waals surface area contributed by atoms with Crippen LogP contribution in [0.4, 0.5) is 5.69 Å². The fourth-order valence-electron chi connectivity index (χ4n) is 2.10. The van der Waals surface area contributed by atoms with Crippen LogP contribution < -0.4 is 5.32 Å². The molecule has 2 N–H and O–H groups in total. The lowest BCUT2D eigenvalue weighted by Crippen LogP contribution is -2.35. The second-order valence-corrected chi connectivity index (χ2v) is 5.93. The summed E-state index contributed by atoms with van der Waals surface area (Å²) in [6, 6.07) is 9.59. The van der Waals surface area contributed by atoms with Gasteiger partial charge in [0.1, 0.15) is 5.76 Å². The molecule has 1 aromatic carbocycles. The molecule has 1 heterocycles. The first kappa shape index (κ1) is 14.2. The van der Waals surface area contributed by atoms with Crippen molar-refractivity contribution in [2.75, 3.05) is 5.32 Å². The zero-order valence-electron chi connectivity index (χ0n) is 12.2. The second kappa shape index (κ2) is 5.41. The van der Waals surface area contributed by atoms with Crippen molar-refractivity contribution in [3.05, 3.63) is 55.1 Å². The monoisotopic (exact) mass is 271 g/mol. The Morgan fingerprint density at radius 3 is 2.40 bits per heavy atom. The van der Waals surface area contributed by atoms with Crippen LogP contribution in [0.2, 0.25) is 0 Å². The van der Waals surface area contributed by atoms with Gasteiger partial charge in [0, 0.05) is 18.1 Å². The molecule has 20 heavy (non-hydrogen) atoms. The average Bonchev–Trinajstić information content (AvgIpc) is 2.88. The largest absolute Gasteiger partial charge is 0.511 e. The first-order valence-electron chi connectivity index (χ1n) is 6.62. The van der Waals surface area contributed by atoms with Gasteiger partial charge in [0.15, 0.2) is 0 Å². The van der Waals surface area contributed by atoms with Crippen molar-refractivity contribution in [2.24, 2.45) is 5.41 Å². The Balaban J connectivity index is 2.16. The van der Waals surface area contributed by atoms with Gasteiger partial charge in [-0.25, -0.2) is 4.68 Å². The number of hydrogen-bond acceptors (Lipinski definition) is 3. The number of anilines is 1. The molecule has 2 rings (SSSR count). The lowest BCUT2D eigenvalue weighted by atomic mass is 9.85. The van der Waals surface area contributed by atoms with E-state index >= 15 is 0 Å². The molecule has 0 saturated carbocycles. The van der Waals surface area contributed by atoms with Crippen LogP contribution in [0.3, 0.4) is 0 Å². The summed E-state index contributed by atoms with van der Waals surface area (Å²) in [6.07, 6.45) is 3.65. The van der Waals surface area contributed by atoms with Gasteiger partial charge in [0.2, 0.25) is 0 Å². The fourth-order valence-corrected chi connectivity index (χ4v) is 2.10. The Labute approximate surface area is 119 Å². The van der Waals surface area contributed by atoms with Gasteiger partial charge in [0.05, 0.1) is 11.7 Å². The van der Waals surface area contributed by atoms with Gasteiger partial charge >= 0.3 is 0 Å². The summed E-state index contributed by atoms with van der Waals surface area (Å²) in [5.74, 6) is 0.147. The number of hydrogen-bond donors (Lipinski definition) is 2. The molecule has 1 unspecified atom stereocenters. The van der Waals surface area contributed by atoms with E-state index in [4.69, 9.17) is 0 Å². The summed E-state index contributed by atoms with van der Waals surface area (Å²) in [6.45, 7) is 9.83. The van der Waals surface area contributed by atoms with Crippen LogP contribution in [-0.4, -0.2) is 20.9 Å². The quantitative estimate of drug-likeness (QED) is 0.832. The van der Waals surface area contributed by atoms with Crippen LogP contribution >= 0.6 is 0 Å². The van der Waals surface area contributed by atoms with E-state index in [-0.39, 0.29) is 17.2 Å². The molecule has 0 aliphatic heterocycles. The number of aliphatic hydroxyl groups excluding tert-OH is 1. The highest BCUT2D eigenvalue weighted by Crippen LogP contribution is 2.27. The van der Waals surface area contributed by atoms with Gasteiger partial charge in [-0.15, -0.1) is 0 Å². The molecule has 0 radical (unpaired) electrons. The van der Waals surface area contributed by atoms with Gasteiger partial charge in [0.25, 0.3) is 0 Å². The van der Waals surface area contributed by atoms with Crippen molar-refractivity contribution in [1.82, 2.24) is 9.78 Å². The molecular formula is C16H21N3O. The van der Waals surface area contributed by atoms with Crippen molar-refractivity contribution in [3.8, 4) is 5.69 Å². The lowest BCUT2D eigenvalue weighted by Gasteiger charge is -2.31. The smallest absolute Gasteiger partial charge is 0.108 e. The van der Waals surface area contributed by atoms with E-state index in [0.717, 1.165) is 11.4 Å². The molecule has 4 heteroatoms. The Bertz CT molecular complexity index is 565. The molecule has 0 amide bonds. The molecule has 4 nitrogen and oxygen atoms in total. The standard InChI is InChI=1S/C16H21N3O/c1-12(20)15(16(2,3)4)18-13-6-8-14(9-7-13)19-11-5-10-17-19/h5-11,15,18,20H,1H2,2-4H3. The Morgan fingerprint density at radius 1 is 1.30 bits per heavy atom. The summed E-state index contributed by atoms with van der Waals surface area (Å²) < 4.78 is 1.80. The number of nitrogens with one attached hydrogen (secondary N) is 1. The summed E-state index contributed by atoms with van der Waals surface area (Å²) in [7, 11) is 0. The third-order valence-corrected chi connectivity index (χ3v) is 3.15. The van der Waals surface area contributed by atoms with E-state index in [1.54, 1.807) is 10.9 Å². The van der Waals surface area contributed by atoms with E-state index in [1.807, 2.05) is 36.5 Å². The SMILES string of the molecule is C=C(O)C(Nc1ccc(-n2cccn2)cc1)C(C)(C)C. The minimum Gasteiger partial charge on any atom is -0.511 e. The summed E-state index contributed by atoms with van der Waals surface area (Å²) in [5, 5.41) is 17.2. The van der Waals surface area contributed by atoms with Crippen molar-refractivity contribution in [1.29, 1.82) is 0 Å². The van der Waals surface area contributed by atoms with E-state index in [1.165, 1.54) is 0 Å². The van der Waals surface area contributed by atoms with Crippen LogP contribution in [0, 0.1) is 5.41 Å². The molecule has 2 aromatic rings. The van der Waals surface area contributed by atoms with Gasteiger partial charge < -0.3 is 10.4 Å². The first-order chi connectivity index (χ1) is 9.38. The third-order valence-electron chi connectivity index (χ3n) is 3.15. The summed E-state index contributed by atoms with van der Waals surface area (Å²) >= 11 is 0. The van der Waals surface area contributed by atoms with Crippen molar-refractivity contribution in [2.45, 2.75) is 26.8 Å². The predicted molar refractivity (Wildman–Crippen MR) is 82.2 cm³/mol. The summed E-state index contributed by atoms with van der Waals surface area (Å²) in [4.78, 5) is 0. The molecule has 1 aromatic heterocycles. The van der Waals surface area contributed by atoms with Crippen LogP contribution in [0.15, 0.2) is 55.1 Å². The topological polar surface area (TPSA) is 50.1 Å². The van der Waals surface area contributed by atoms with E-state index < -0.39 is 0 Å². The van der Waals surface area contributed by atoms with Crippen molar-refractivity contribution in [3.63, 3.8) is 0 Å². The highest BCUT2D eigenvalue weighted by molar-refractivity contribution is 5.50. The number of aromatic nitrogens is 2. The molecule has 0 aliphatic carbocycles. The van der Waals surface area contributed by atoms with Gasteiger partial charge in [-0.05, 0) is 35.7 Å². The second-order valence-electron chi connectivity index (χ2n) is 5.93. The number of benzene rings is 1. The minimum absolute atomic E-state index is 0.119. The van der Waals surface area contributed by atoms with Crippen molar-refractivity contribution >= 4 is 5.69 Å². The Kier molecular flexibility index (Phi) is 3.84. The highest BCUT2D eigenvalue weighted by Gasteiger charge is 2.27. The molecule has 0 aliphatic rings. The molecule has 0 spiro atoms. The lowest BCUT2D eigenvalue weighted by molar-refractivity contribution is 0.279. The van der Waals surface area contributed by atoms with E-state index in [0.29, 0.717) is 0 Å². The maximum atomic E-state index is 9.74. The maximum Gasteiger partial charge on any atom is 0.108 e.